The van der Waals surface area contributed by atoms with Gasteiger partial charge in [-0.05, 0) is 53.8 Å². The summed E-state index contributed by atoms with van der Waals surface area (Å²) in [5, 5.41) is 4.75. The number of nitrogens with one attached hydrogen (secondary N) is 1. The number of thiophene rings is 1. The SMILES string of the molecule is Cc1ccccc1C(C(=O)Nc1ccc(F)cc1)N(Cc1cccs1)C(=O)c1cnccn1. The van der Waals surface area contributed by atoms with Crippen LogP contribution in [0.5, 0.6) is 0 Å². The van der Waals surface area contributed by atoms with Crippen LogP contribution in [0.1, 0.15) is 32.5 Å². The van der Waals surface area contributed by atoms with Crippen molar-refractivity contribution in [1.29, 1.82) is 0 Å². The highest BCUT2D eigenvalue weighted by Crippen LogP contribution is 2.29. The van der Waals surface area contributed by atoms with Gasteiger partial charge >= 0.3 is 0 Å². The molecule has 4 rings (SSSR count). The number of benzene rings is 2. The van der Waals surface area contributed by atoms with Crippen LogP contribution in [0.25, 0.3) is 0 Å². The Bertz CT molecular complexity index is 1230. The van der Waals surface area contributed by atoms with E-state index in [1.54, 1.807) is 0 Å². The van der Waals surface area contributed by atoms with Gasteiger partial charge in [0.15, 0.2) is 0 Å². The van der Waals surface area contributed by atoms with Crippen LogP contribution in [-0.4, -0.2) is 26.7 Å². The fourth-order valence-corrected chi connectivity index (χ4v) is 4.20. The van der Waals surface area contributed by atoms with E-state index in [0.29, 0.717) is 11.3 Å². The Hall–Kier alpha value is -3.91. The minimum absolute atomic E-state index is 0.141. The minimum atomic E-state index is -0.951. The van der Waals surface area contributed by atoms with Gasteiger partial charge in [0.25, 0.3) is 11.8 Å². The van der Waals surface area contributed by atoms with E-state index >= 15 is 0 Å². The second-order valence-electron chi connectivity index (χ2n) is 7.36. The third-order valence-electron chi connectivity index (χ3n) is 5.10. The molecule has 0 bridgehead atoms. The van der Waals surface area contributed by atoms with Crippen molar-refractivity contribution in [3.05, 3.63) is 112 Å². The van der Waals surface area contributed by atoms with Gasteiger partial charge in [-0.15, -0.1) is 11.3 Å². The van der Waals surface area contributed by atoms with Crippen LogP contribution >= 0.6 is 11.3 Å². The maximum Gasteiger partial charge on any atom is 0.275 e. The predicted molar refractivity (Wildman–Crippen MR) is 125 cm³/mol. The lowest BCUT2D eigenvalue weighted by atomic mass is 9.98. The van der Waals surface area contributed by atoms with E-state index in [1.807, 2.05) is 48.7 Å². The smallest absolute Gasteiger partial charge is 0.275 e. The van der Waals surface area contributed by atoms with E-state index in [1.165, 1.54) is 59.1 Å². The van der Waals surface area contributed by atoms with Crippen LogP contribution in [0.3, 0.4) is 0 Å². The number of anilines is 1. The van der Waals surface area contributed by atoms with Crippen LogP contribution in [0.2, 0.25) is 0 Å². The van der Waals surface area contributed by atoms with Crippen molar-refractivity contribution in [2.45, 2.75) is 19.5 Å². The van der Waals surface area contributed by atoms with Gasteiger partial charge in [-0.2, -0.15) is 0 Å². The molecule has 2 heterocycles. The second kappa shape index (κ2) is 10.1. The Balaban J connectivity index is 1.78. The molecule has 1 unspecified atom stereocenters. The Morgan fingerprint density at radius 2 is 1.85 bits per heavy atom. The summed E-state index contributed by atoms with van der Waals surface area (Å²) in [5.41, 5.74) is 2.12. The fraction of sp³-hybridized carbons (Fsp3) is 0.120. The van der Waals surface area contributed by atoms with Crippen LogP contribution in [-0.2, 0) is 11.3 Å². The monoisotopic (exact) mass is 460 g/mol. The van der Waals surface area contributed by atoms with Crippen LogP contribution in [0.15, 0.2) is 84.6 Å². The molecule has 0 fully saturated rings. The van der Waals surface area contributed by atoms with Gasteiger partial charge in [0, 0.05) is 23.0 Å². The third-order valence-corrected chi connectivity index (χ3v) is 5.97. The Labute approximate surface area is 194 Å². The lowest BCUT2D eigenvalue weighted by Gasteiger charge is -2.31. The molecule has 0 aliphatic heterocycles. The van der Waals surface area contributed by atoms with E-state index in [4.69, 9.17) is 0 Å². The summed E-state index contributed by atoms with van der Waals surface area (Å²) in [6.07, 6.45) is 4.31. The molecule has 2 aromatic heterocycles. The first kappa shape index (κ1) is 22.3. The summed E-state index contributed by atoms with van der Waals surface area (Å²) in [6.45, 7) is 2.10. The number of aromatic nitrogens is 2. The fourth-order valence-electron chi connectivity index (χ4n) is 3.50. The zero-order valence-electron chi connectivity index (χ0n) is 17.8. The topological polar surface area (TPSA) is 75.2 Å². The molecule has 2 aromatic carbocycles. The first-order chi connectivity index (χ1) is 16.0. The van der Waals surface area contributed by atoms with Crippen molar-refractivity contribution < 1.29 is 14.0 Å². The van der Waals surface area contributed by atoms with Gasteiger partial charge < -0.3 is 10.2 Å². The van der Waals surface area contributed by atoms with Crippen LogP contribution < -0.4 is 5.32 Å². The molecule has 0 spiro atoms. The lowest BCUT2D eigenvalue weighted by molar-refractivity contribution is -0.121. The molecular weight excluding hydrogens is 439 g/mol. The molecule has 6 nitrogen and oxygen atoms in total. The van der Waals surface area contributed by atoms with Crippen molar-refractivity contribution in [2.24, 2.45) is 0 Å². The predicted octanol–water partition coefficient (Wildman–Crippen LogP) is 5.01. The standard InChI is InChI=1S/C25H21FN4O2S/c1-17-5-2-3-7-21(17)23(24(31)29-19-10-8-18(26)9-11-19)30(16-20-6-4-14-33-20)25(32)22-15-27-12-13-28-22/h2-15,23H,16H2,1H3,(H,29,31). The molecule has 0 aliphatic carbocycles. The van der Waals surface area contributed by atoms with Crippen molar-refractivity contribution in [3.63, 3.8) is 0 Å². The van der Waals surface area contributed by atoms with E-state index < -0.39 is 23.7 Å². The Morgan fingerprint density at radius 3 is 2.52 bits per heavy atom. The molecule has 0 saturated carbocycles. The largest absolute Gasteiger partial charge is 0.324 e. The number of carbonyl (C=O) groups is 2. The van der Waals surface area contributed by atoms with Gasteiger partial charge in [-0.3, -0.25) is 14.6 Å². The van der Waals surface area contributed by atoms with Crippen molar-refractivity contribution in [3.8, 4) is 0 Å². The van der Waals surface area contributed by atoms with Crippen molar-refractivity contribution >= 4 is 28.8 Å². The number of amides is 2. The molecule has 1 atom stereocenters. The number of halogens is 1. The minimum Gasteiger partial charge on any atom is -0.324 e. The third kappa shape index (κ3) is 5.30. The van der Waals surface area contributed by atoms with Crippen LogP contribution in [0, 0.1) is 12.7 Å². The summed E-state index contributed by atoms with van der Waals surface area (Å²) in [7, 11) is 0. The highest BCUT2D eigenvalue weighted by Gasteiger charge is 2.34. The van der Waals surface area contributed by atoms with Crippen LogP contribution in [0.4, 0.5) is 10.1 Å². The summed E-state index contributed by atoms with van der Waals surface area (Å²) in [4.78, 5) is 37.8. The molecule has 33 heavy (non-hydrogen) atoms. The Morgan fingerprint density at radius 1 is 1.06 bits per heavy atom. The van der Waals surface area contributed by atoms with Gasteiger partial charge in [0.2, 0.25) is 0 Å². The molecule has 1 N–H and O–H groups in total. The summed E-state index contributed by atoms with van der Waals surface area (Å²) >= 11 is 1.49. The normalized spacial score (nSPS) is 11.6. The van der Waals surface area contributed by atoms with Gasteiger partial charge in [0.1, 0.15) is 17.6 Å². The molecule has 4 aromatic rings. The van der Waals surface area contributed by atoms with E-state index in [9.17, 15) is 14.0 Å². The maximum absolute atomic E-state index is 13.6. The molecular formula is C25H21FN4O2S. The van der Waals surface area contributed by atoms with E-state index in [0.717, 1.165) is 10.4 Å². The molecule has 8 heteroatoms. The highest BCUT2D eigenvalue weighted by molar-refractivity contribution is 7.09. The highest BCUT2D eigenvalue weighted by atomic mass is 32.1. The average Bonchev–Trinajstić information content (AvgIpc) is 3.35. The summed E-state index contributed by atoms with van der Waals surface area (Å²) in [5.74, 6) is -1.23. The number of nitrogens with zero attached hydrogens (tertiary/aromatic N) is 3. The number of aryl methyl sites for hydroxylation is 1. The number of hydrogen-bond acceptors (Lipinski definition) is 5. The molecule has 0 saturated heterocycles. The number of hydrogen-bond donors (Lipinski definition) is 1. The van der Waals surface area contributed by atoms with Gasteiger partial charge in [0.05, 0.1) is 12.7 Å². The molecule has 0 radical (unpaired) electrons. The first-order valence-corrected chi connectivity index (χ1v) is 11.1. The van der Waals surface area contributed by atoms with E-state index in [-0.39, 0.29) is 12.2 Å². The van der Waals surface area contributed by atoms with Gasteiger partial charge in [-0.1, -0.05) is 30.3 Å². The van der Waals surface area contributed by atoms with Crippen molar-refractivity contribution in [1.82, 2.24) is 14.9 Å². The quantitative estimate of drug-likeness (QED) is 0.421. The number of carbonyl (C=O) groups excluding carboxylic acids is 2. The number of rotatable bonds is 7. The molecule has 166 valence electrons. The van der Waals surface area contributed by atoms with E-state index in [2.05, 4.69) is 15.3 Å². The zero-order valence-corrected chi connectivity index (χ0v) is 18.6. The first-order valence-electron chi connectivity index (χ1n) is 10.2. The summed E-state index contributed by atoms with van der Waals surface area (Å²) < 4.78 is 13.4. The molecule has 2 amide bonds. The average molecular weight is 461 g/mol. The zero-order chi connectivity index (χ0) is 23.2. The molecule has 0 aliphatic rings. The lowest BCUT2D eigenvalue weighted by Crippen LogP contribution is -2.41. The summed E-state index contributed by atoms with van der Waals surface area (Å²) in [6, 6.07) is 15.8. The van der Waals surface area contributed by atoms with Gasteiger partial charge in [-0.25, -0.2) is 9.37 Å². The second-order valence-corrected chi connectivity index (χ2v) is 8.39. The Kier molecular flexibility index (Phi) is 6.85. The maximum atomic E-state index is 13.6. The van der Waals surface area contributed by atoms with Crippen molar-refractivity contribution in [2.75, 3.05) is 5.32 Å².